The second-order valence-electron chi connectivity index (χ2n) is 10.5. The van der Waals surface area contributed by atoms with Crippen LogP contribution in [0.25, 0.3) is 0 Å². The molecule has 1 saturated heterocycles. The van der Waals surface area contributed by atoms with Crippen LogP contribution in [-0.4, -0.2) is 48.8 Å². The number of aliphatic hydroxyl groups excluding tert-OH is 2. The standard InChI is InChI=1S/C24H36O5/c1-22-9-7-15(26)11-14(22)5-6-16-17(22)8-10-23(2)18(16)12-20-24(23,29-20)19(13-25)21(27-3)28-4/h5,15-18,20,25-26H,6-13H2,1-4H3/t15-,16-,17-,18+,20+,22-,23-,24+/m0/s1. The van der Waals surface area contributed by atoms with Gasteiger partial charge in [-0.3, -0.25) is 0 Å². The number of rotatable bonds is 4. The van der Waals surface area contributed by atoms with Crippen molar-refractivity contribution in [2.45, 2.75) is 76.6 Å². The molecule has 0 aromatic carbocycles. The molecule has 1 heterocycles. The van der Waals surface area contributed by atoms with Gasteiger partial charge in [0.1, 0.15) is 5.60 Å². The molecule has 5 rings (SSSR count). The second kappa shape index (κ2) is 6.48. The van der Waals surface area contributed by atoms with Crippen LogP contribution in [-0.2, 0) is 14.2 Å². The van der Waals surface area contributed by atoms with Crippen molar-refractivity contribution in [2.24, 2.45) is 28.6 Å². The minimum absolute atomic E-state index is 0.00487. The van der Waals surface area contributed by atoms with Crippen LogP contribution in [0, 0.1) is 28.6 Å². The van der Waals surface area contributed by atoms with Crippen molar-refractivity contribution in [3.05, 3.63) is 23.2 Å². The number of epoxide rings is 1. The van der Waals surface area contributed by atoms with Crippen LogP contribution in [0.4, 0.5) is 0 Å². The molecule has 1 aliphatic heterocycles. The molecule has 4 fully saturated rings. The Kier molecular flexibility index (Phi) is 4.44. The third-order valence-electron chi connectivity index (χ3n) is 9.73. The van der Waals surface area contributed by atoms with Gasteiger partial charge in [0.2, 0.25) is 0 Å². The van der Waals surface area contributed by atoms with Gasteiger partial charge in [-0.15, -0.1) is 0 Å². The Morgan fingerprint density at radius 2 is 1.93 bits per heavy atom. The van der Waals surface area contributed by atoms with E-state index in [0.29, 0.717) is 23.7 Å². The summed E-state index contributed by atoms with van der Waals surface area (Å²) >= 11 is 0. The Bertz CT molecular complexity index is 752. The lowest BCUT2D eigenvalue weighted by atomic mass is 9.47. The van der Waals surface area contributed by atoms with Gasteiger partial charge in [0.05, 0.1) is 38.6 Å². The number of allylic oxidation sites excluding steroid dienone is 1. The molecule has 0 amide bonds. The van der Waals surface area contributed by atoms with E-state index in [1.54, 1.807) is 14.2 Å². The van der Waals surface area contributed by atoms with E-state index in [-0.39, 0.29) is 29.6 Å². The molecule has 0 radical (unpaired) electrons. The van der Waals surface area contributed by atoms with Crippen molar-refractivity contribution in [3.8, 4) is 0 Å². The molecule has 162 valence electrons. The lowest BCUT2D eigenvalue weighted by molar-refractivity contribution is -0.0791. The number of hydrogen-bond acceptors (Lipinski definition) is 5. The number of fused-ring (bicyclic) bond motifs is 7. The quantitative estimate of drug-likeness (QED) is 0.426. The normalized spacial score (nSPS) is 49.7. The summed E-state index contributed by atoms with van der Waals surface area (Å²) in [4.78, 5) is 0. The summed E-state index contributed by atoms with van der Waals surface area (Å²) in [6, 6.07) is 0. The maximum absolute atomic E-state index is 10.2. The third-order valence-corrected chi connectivity index (χ3v) is 9.73. The van der Waals surface area contributed by atoms with Gasteiger partial charge in [-0.2, -0.15) is 0 Å². The van der Waals surface area contributed by atoms with Crippen LogP contribution in [0.1, 0.15) is 58.8 Å². The summed E-state index contributed by atoms with van der Waals surface area (Å²) in [7, 11) is 3.19. The molecule has 0 aromatic rings. The molecule has 3 saturated carbocycles. The zero-order chi connectivity index (χ0) is 20.6. The molecule has 0 spiro atoms. The van der Waals surface area contributed by atoms with E-state index in [0.717, 1.165) is 44.1 Å². The minimum atomic E-state index is -0.438. The van der Waals surface area contributed by atoms with Crippen LogP contribution >= 0.6 is 0 Å². The number of methoxy groups -OCH3 is 2. The monoisotopic (exact) mass is 404 g/mol. The van der Waals surface area contributed by atoms with Crippen LogP contribution < -0.4 is 0 Å². The molecule has 5 heteroatoms. The van der Waals surface area contributed by atoms with Gasteiger partial charge in [0, 0.05) is 5.41 Å². The lowest BCUT2D eigenvalue weighted by Crippen LogP contribution is -2.53. The van der Waals surface area contributed by atoms with Gasteiger partial charge in [0.25, 0.3) is 5.95 Å². The van der Waals surface area contributed by atoms with Crippen LogP contribution in [0.3, 0.4) is 0 Å². The highest BCUT2D eigenvalue weighted by Crippen LogP contribution is 2.75. The lowest BCUT2D eigenvalue weighted by Gasteiger charge is -2.58. The van der Waals surface area contributed by atoms with Crippen molar-refractivity contribution in [1.82, 2.24) is 0 Å². The third kappa shape index (κ3) is 2.38. The van der Waals surface area contributed by atoms with E-state index in [1.165, 1.54) is 12.0 Å². The molecule has 8 atom stereocenters. The molecule has 4 aliphatic carbocycles. The van der Waals surface area contributed by atoms with Gasteiger partial charge in [-0.05, 0) is 68.1 Å². The molecule has 29 heavy (non-hydrogen) atoms. The topological polar surface area (TPSA) is 71.5 Å². The SMILES string of the molecule is COC(OC)=C(CO)[C@@]12O[C@@H]1C[C@@H]1[C@H]3CC=C4C[C@@H](O)CC[C@]4(C)[C@H]3CC[C@@]12C. The summed E-state index contributed by atoms with van der Waals surface area (Å²) < 4.78 is 17.3. The fraction of sp³-hybridized carbons (Fsp3) is 0.833. The van der Waals surface area contributed by atoms with E-state index in [4.69, 9.17) is 14.2 Å². The molecule has 0 aromatic heterocycles. The van der Waals surface area contributed by atoms with Crippen molar-refractivity contribution < 1.29 is 24.4 Å². The highest BCUT2D eigenvalue weighted by atomic mass is 16.7. The predicted molar refractivity (Wildman–Crippen MR) is 109 cm³/mol. The molecule has 5 aliphatic rings. The van der Waals surface area contributed by atoms with E-state index < -0.39 is 5.60 Å². The Morgan fingerprint density at radius 1 is 1.17 bits per heavy atom. The largest absolute Gasteiger partial charge is 0.469 e. The number of ether oxygens (including phenoxy) is 3. The zero-order valence-electron chi connectivity index (χ0n) is 18.2. The number of aliphatic hydroxyl groups is 2. The summed E-state index contributed by atoms with van der Waals surface area (Å²) in [5.41, 5.74) is 2.09. The van der Waals surface area contributed by atoms with Crippen molar-refractivity contribution in [1.29, 1.82) is 0 Å². The second-order valence-corrected chi connectivity index (χ2v) is 10.5. The summed E-state index contributed by atoms with van der Waals surface area (Å²) in [5.74, 6) is 2.34. The van der Waals surface area contributed by atoms with Crippen LogP contribution in [0.2, 0.25) is 0 Å². The van der Waals surface area contributed by atoms with E-state index in [9.17, 15) is 10.2 Å². The Balaban J connectivity index is 1.51. The molecule has 0 bridgehead atoms. The summed E-state index contributed by atoms with van der Waals surface area (Å²) in [6.45, 7) is 4.74. The van der Waals surface area contributed by atoms with Crippen molar-refractivity contribution in [3.63, 3.8) is 0 Å². The minimum Gasteiger partial charge on any atom is -0.469 e. The molecule has 0 unspecified atom stereocenters. The van der Waals surface area contributed by atoms with Gasteiger partial charge in [-0.1, -0.05) is 25.5 Å². The average Bonchev–Trinajstić information content (AvgIpc) is 3.37. The van der Waals surface area contributed by atoms with E-state index in [2.05, 4.69) is 19.9 Å². The highest BCUT2D eigenvalue weighted by Gasteiger charge is 2.79. The molecular weight excluding hydrogens is 368 g/mol. The van der Waals surface area contributed by atoms with E-state index >= 15 is 0 Å². The van der Waals surface area contributed by atoms with Gasteiger partial charge < -0.3 is 24.4 Å². The maximum Gasteiger partial charge on any atom is 0.283 e. The smallest absolute Gasteiger partial charge is 0.283 e. The fourth-order valence-corrected chi connectivity index (χ4v) is 8.27. The first kappa shape index (κ1) is 19.9. The average molecular weight is 405 g/mol. The van der Waals surface area contributed by atoms with Crippen LogP contribution in [0.5, 0.6) is 0 Å². The summed E-state index contributed by atoms with van der Waals surface area (Å²) in [6.07, 6.45) is 9.82. The highest BCUT2D eigenvalue weighted by molar-refractivity contribution is 5.40. The van der Waals surface area contributed by atoms with Gasteiger partial charge >= 0.3 is 0 Å². The van der Waals surface area contributed by atoms with Crippen LogP contribution in [0.15, 0.2) is 23.2 Å². The van der Waals surface area contributed by atoms with Gasteiger partial charge in [0.15, 0.2) is 0 Å². The Labute approximate surface area is 174 Å². The maximum atomic E-state index is 10.2. The van der Waals surface area contributed by atoms with Gasteiger partial charge in [-0.25, -0.2) is 0 Å². The molecule has 2 N–H and O–H groups in total. The fourth-order valence-electron chi connectivity index (χ4n) is 8.27. The summed E-state index contributed by atoms with van der Waals surface area (Å²) in [5, 5.41) is 20.4. The first-order valence-electron chi connectivity index (χ1n) is 11.3. The van der Waals surface area contributed by atoms with Crippen molar-refractivity contribution >= 4 is 0 Å². The zero-order valence-corrected chi connectivity index (χ0v) is 18.2. The number of hydrogen-bond donors (Lipinski definition) is 2. The Morgan fingerprint density at radius 3 is 2.62 bits per heavy atom. The predicted octanol–water partition coefficient (Wildman–Crippen LogP) is 3.55. The Hall–Kier alpha value is -1.04. The van der Waals surface area contributed by atoms with E-state index in [1.807, 2.05) is 0 Å². The molecule has 5 nitrogen and oxygen atoms in total. The molecular formula is C24H36O5. The van der Waals surface area contributed by atoms with Crippen molar-refractivity contribution in [2.75, 3.05) is 20.8 Å². The first-order chi connectivity index (χ1) is 13.9. The first-order valence-corrected chi connectivity index (χ1v) is 11.3.